The predicted molar refractivity (Wildman–Crippen MR) is 69.8 cm³/mol. The van der Waals surface area contributed by atoms with E-state index in [4.69, 9.17) is 0 Å². The quantitative estimate of drug-likeness (QED) is 0.566. The number of hydrazone groups is 1. The minimum absolute atomic E-state index is 0.168. The molecule has 0 spiro atoms. The highest BCUT2D eigenvalue weighted by Gasteiger charge is 2.15. The van der Waals surface area contributed by atoms with E-state index >= 15 is 0 Å². The minimum Gasteiger partial charge on any atom is -0.507 e. The first-order valence-electron chi connectivity index (χ1n) is 5.76. The van der Waals surface area contributed by atoms with Crippen LogP contribution in [0.1, 0.15) is 37.6 Å². The zero-order valence-electron chi connectivity index (χ0n) is 10.8. The highest BCUT2D eigenvalue weighted by molar-refractivity contribution is 6.00. The van der Waals surface area contributed by atoms with Crippen molar-refractivity contribution >= 4 is 11.6 Å². The summed E-state index contributed by atoms with van der Waals surface area (Å²) in [6.07, 6.45) is 0.771. The van der Waals surface area contributed by atoms with Gasteiger partial charge in [-0.2, -0.15) is 5.10 Å². The Bertz CT molecular complexity index is 447. The van der Waals surface area contributed by atoms with Crippen molar-refractivity contribution in [2.75, 3.05) is 0 Å². The normalized spacial score (nSPS) is 11.7. The van der Waals surface area contributed by atoms with Crippen LogP contribution >= 0.6 is 0 Å². The molecule has 3 N–H and O–H groups in total. The number of rotatable bonds is 4. The molecule has 1 rings (SSSR count). The first-order chi connectivity index (χ1) is 8.41. The van der Waals surface area contributed by atoms with E-state index in [2.05, 4.69) is 24.4 Å². The molecule has 0 aliphatic carbocycles. The van der Waals surface area contributed by atoms with Gasteiger partial charge in [-0.05, 0) is 31.4 Å². The average Bonchev–Trinajstić information content (AvgIpc) is 2.25. The molecular formula is C13H18N2O3. The zero-order valence-corrected chi connectivity index (χ0v) is 10.8. The first-order valence-corrected chi connectivity index (χ1v) is 5.76. The van der Waals surface area contributed by atoms with Crippen LogP contribution in [0.2, 0.25) is 0 Å². The zero-order chi connectivity index (χ0) is 13.7. The van der Waals surface area contributed by atoms with Crippen LogP contribution in [-0.4, -0.2) is 21.8 Å². The Balaban J connectivity index is 2.78. The summed E-state index contributed by atoms with van der Waals surface area (Å²) in [5.41, 5.74) is 2.93. The van der Waals surface area contributed by atoms with Gasteiger partial charge in [0.1, 0.15) is 17.1 Å². The summed E-state index contributed by atoms with van der Waals surface area (Å²) in [4.78, 5) is 11.7. The minimum atomic E-state index is -0.631. The molecule has 1 aromatic rings. The van der Waals surface area contributed by atoms with Gasteiger partial charge >= 0.3 is 0 Å². The number of nitrogens with zero attached hydrogens (tertiary/aromatic N) is 1. The number of phenolic OH excluding ortho intramolecular Hbond substituents is 2. The number of amides is 1. The third-order valence-electron chi connectivity index (χ3n) is 2.30. The third kappa shape index (κ3) is 3.76. The van der Waals surface area contributed by atoms with Crippen LogP contribution in [0.5, 0.6) is 11.5 Å². The van der Waals surface area contributed by atoms with Crippen LogP contribution in [0.3, 0.4) is 0 Å². The van der Waals surface area contributed by atoms with Crippen LogP contribution in [-0.2, 0) is 0 Å². The molecule has 1 amide bonds. The number of benzene rings is 1. The molecule has 0 bridgehead atoms. The lowest BCUT2D eigenvalue weighted by atomic mass is 10.1. The topological polar surface area (TPSA) is 81.9 Å². The lowest BCUT2D eigenvalue weighted by Crippen LogP contribution is -2.19. The van der Waals surface area contributed by atoms with E-state index in [9.17, 15) is 15.0 Å². The number of aromatic hydroxyl groups is 2. The lowest BCUT2D eigenvalue weighted by Gasteiger charge is -2.07. The maximum absolute atomic E-state index is 11.7. The smallest absolute Gasteiger partial charge is 0.278 e. The van der Waals surface area contributed by atoms with Crippen LogP contribution in [0, 0.1) is 5.92 Å². The van der Waals surface area contributed by atoms with Gasteiger partial charge in [-0.25, -0.2) is 5.43 Å². The summed E-state index contributed by atoms with van der Waals surface area (Å²) in [5.74, 6) is -0.730. The van der Waals surface area contributed by atoms with Gasteiger partial charge in [0.05, 0.1) is 0 Å². The third-order valence-corrected chi connectivity index (χ3v) is 2.30. The highest BCUT2D eigenvalue weighted by Crippen LogP contribution is 2.25. The van der Waals surface area contributed by atoms with Crippen molar-refractivity contribution in [3.8, 4) is 11.5 Å². The molecular weight excluding hydrogens is 232 g/mol. The fraction of sp³-hybridized carbons (Fsp3) is 0.385. The molecule has 0 heterocycles. The summed E-state index contributed by atoms with van der Waals surface area (Å²) in [6, 6.07) is 4.12. The van der Waals surface area contributed by atoms with E-state index in [0.717, 1.165) is 12.1 Å². The predicted octanol–water partition coefficient (Wildman–Crippen LogP) is 2.25. The molecule has 0 aromatic heterocycles. The Morgan fingerprint density at radius 2 is 1.89 bits per heavy atom. The SMILES string of the molecule is C/C(CC(C)C)=N\NC(=O)c1c(O)cccc1O. The monoisotopic (exact) mass is 250 g/mol. The number of carbonyl (C=O) groups excluding carboxylic acids is 1. The molecule has 5 heteroatoms. The molecule has 0 atom stereocenters. The van der Waals surface area contributed by atoms with Gasteiger partial charge in [0.15, 0.2) is 0 Å². The molecule has 0 fully saturated rings. The van der Waals surface area contributed by atoms with Gasteiger partial charge < -0.3 is 10.2 Å². The van der Waals surface area contributed by atoms with Gasteiger partial charge in [-0.1, -0.05) is 19.9 Å². The summed E-state index contributed by atoms with van der Waals surface area (Å²) in [7, 11) is 0. The Morgan fingerprint density at radius 3 is 2.39 bits per heavy atom. The van der Waals surface area contributed by atoms with Crippen molar-refractivity contribution in [3.63, 3.8) is 0 Å². The van der Waals surface area contributed by atoms with Crippen LogP contribution in [0.25, 0.3) is 0 Å². The maximum atomic E-state index is 11.7. The fourth-order valence-corrected chi connectivity index (χ4v) is 1.60. The van der Waals surface area contributed by atoms with E-state index in [0.29, 0.717) is 5.92 Å². The van der Waals surface area contributed by atoms with Crippen molar-refractivity contribution in [2.45, 2.75) is 27.2 Å². The van der Waals surface area contributed by atoms with Gasteiger partial charge in [0.25, 0.3) is 5.91 Å². The molecule has 0 aliphatic rings. The summed E-state index contributed by atoms with van der Waals surface area (Å²) >= 11 is 0. The van der Waals surface area contributed by atoms with Crippen LogP contribution in [0.15, 0.2) is 23.3 Å². The second-order valence-electron chi connectivity index (χ2n) is 4.56. The summed E-state index contributed by atoms with van der Waals surface area (Å²) in [5, 5.41) is 22.9. The van der Waals surface area contributed by atoms with Gasteiger partial charge in [0, 0.05) is 5.71 Å². The molecule has 0 saturated heterocycles. The van der Waals surface area contributed by atoms with Crippen molar-refractivity contribution in [3.05, 3.63) is 23.8 Å². The van der Waals surface area contributed by atoms with E-state index in [1.807, 2.05) is 6.92 Å². The molecule has 18 heavy (non-hydrogen) atoms. The van der Waals surface area contributed by atoms with E-state index < -0.39 is 5.91 Å². The summed E-state index contributed by atoms with van der Waals surface area (Å²) < 4.78 is 0. The van der Waals surface area contributed by atoms with Crippen molar-refractivity contribution in [1.82, 2.24) is 5.43 Å². The lowest BCUT2D eigenvalue weighted by molar-refractivity contribution is 0.0949. The van der Waals surface area contributed by atoms with Crippen molar-refractivity contribution < 1.29 is 15.0 Å². The van der Waals surface area contributed by atoms with Crippen molar-refractivity contribution in [2.24, 2.45) is 11.0 Å². The molecule has 0 aliphatic heterocycles. The molecule has 0 radical (unpaired) electrons. The maximum Gasteiger partial charge on any atom is 0.278 e. The number of nitrogens with one attached hydrogen (secondary N) is 1. The van der Waals surface area contributed by atoms with Crippen molar-refractivity contribution in [1.29, 1.82) is 0 Å². The Labute approximate surface area is 106 Å². The Hall–Kier alpha value is -2.04. The summed E-state index contributed by atoms with van der Waals surface area (Å²) in [6.45, 7) is 5.91. The molecule has 1 aromatic carbocycles. The van der Waals surface area contributed by atoms with E-state index in [1.54, 1.807) is 0 Å². The Kier molecular flexibility index (Phi) is 4.71. The first kappa shape index (κ1) is 14.0. The Morgan fingerprint density at radius 1 is 1.33 bits per heavy atom. The van der Waals surface area contributed by atoms with E-state index in [1.165, 1.54) is 18.2 Å². The number of carbonyl (C=O) groups is 1. The van der Waals surface area contributed by atoms with Gasteiger partial charge in [-0.3, -0.25) is 4.79 Å². The molecule has 5 nitrogen and oxygen atoms in total. The van der Waals surface area contributed by atoms with Gasteiger partial charge in [0.2, 0.25) is 0 Å². The highest BCUT2D eigenvalue weighted by atomic mass is 16.3. The number of hydrogen-bond acceptors (Lipinski definition) is 4. The van der Waals surface area contributed by atoms with Crippen LogP contribution in [0.4, 0.5) is 0 Å². The standard InChI is InChI=1S/C13H18N2O3/c1-8(2)7-9(3)14-15-13(18)12-10(16)5-4-6-11(12)17/h4-6,8,16-17H,7H2,1-3H3,(H,15,18)/b14-9+. The fourth-order valence-electron chi connectivity index (χ4n) is 1.60. The average molecular weight is 250 g/mol. The second kappa shape index (κ2) is 6.05. The second-order valence-corrected chi connectivity index (χ2v) is 4.56. The van der Waals surface area contributed by atoms with E-state index in [-0.39, 0.29) is 17.1 Å². The molecule has 98 valence electrons. The van der Waals surface area contributed by atoms with Gasteiger partial charge in [-0.15, -0.1) is 0 Å². The largest absolute Gasteiger partial charge is 0.507 e. The molecule has 0 saturated carbocycles. The molecule has 0 unspecified atom stereocenters. The number of hydrogen-bond donors (Lipinski definition) is 3. The van der Waals surface area contributed by atoms with Crippen LogP contribution < -0.4 is 5.43 Å². The number of phenols is 2.